The van der Waals surface area contributed by atoms with Crippen molar-refractivity contribution in [3.63, 3.8) is 0 Å². The van der Waals surface area contributed by atoms with Crippen LogP contribution in [0.25, 0.3) is 22.4 Å². The molecule has 0 aliphatic heterocycles. The molecule has 3 aromatic heterocycles. The van der Waals surface area contributed by atoms with E-state index in [0.29, 0.717) is 35.9 Å². The van der Waals surface area contributed by atoms with Gasteiger partial charge in [-0.1, -0.05) is 29.8 Å². The average Bonchev–Trinajstić information content (AvgIpc) is 3.46. The number of aromatic nitrogens is 5. The van der Waals surface area contributed by atoms with E-state index in [0.717, 1.165) is 28.1 Å². The first kappa shape index (κ1) is 21.0. The molecule has 1 N–H and O–H groups in total. The quantitative estimate of drug-likeness (QED) is 0.397. The Morgan fingerprint density at radius 1 is 1.09 bits per heavy atom. The highest BCUT2D eigenvalue weighted by molar-refractivity contribution is 6.31. The van der Waals surface area contributed by atoms with Crippen molar-refractivity contribution in [2.75, 3.05) is 7.11 Å². The van der Waals surface area contributed by atoms with Crippen molar-refractivity contribution < 1.29 is 9.53 Å². The number of nitrogens with zero attached hydrogens (tertiary/aromatic N) is 5. The number of rotatable bonds is 7. The number of hydrogen-bond donors (Lipinski definition) is 1. The first-order valence-corrected chi connectivity index (χ1v) is 10.9. The fourth-order valence-electron chi connectivity index (χ4n) is 3.68. The Hall–Kier alpha value is -3.91. The van der Waals surface area contributed by atoms with E-state index in [2.05, 4.69) is 20.6 Å². The Morgan fingerprint density at radius 3 is 2.70 bits per heavy atom. The van der Waals surface area contributed by atoms with Gasteiger partial charge in [0.15, 0.2) is 5.65 Å². The van der Waals surface area contributed by atoms with Crippen LogP contribution in [-0.4, -0.2) is 37.2 Å². The van der Waals surface area contributed by atoms with Crippen molar-refractivity contribution in [1.29, 1.82) is 0 Å². The van der Waals surface area contributed by atoms with E-state index in [1.54, 1.807) is 11.6 Å². The van der Waals surface area contributed by atoms with Crippen molar-refractivity contribution in [1.82, 2.24) is 29.5 Å². The third-order valence-corrected chi connectivity index (χ3v) is 5.85. The molecule has 0 unspecified atom stereocenters. The Labute approximate surface area is 194 Å². The van der Waals surface area contributed by atoms with Crippen LogP contribution in [0.2, 0.25) is 5.02 Å². The van der Waals surface area contributed by atoms with Gasteiger partial charge in [-0.2, -0.15) is 5.10 Å². The minimum Gasteiger partial charge on any atom is -0.497 e. The lowest BCUT2D eigenvalue weighted by Crippen LogP contribution is -2.23. The van der Waals surface area contributed by atoms with Crippen molar-refractivity contribution in [3.8, 4) is 17.0 Å². The predicted molar refractivity (Wildman–Crippen MR) is 125 cm³/mol. The maximum absolute atomic E-state index is 12.3. The van der Waals surface area contributed by atoms with Crippen molar-refractivity contribution >= 4 is 28.7 Å². The molecule has 3 heterocycles. The second-order valence-corrected chi connectivity index (χ2v) is 7.97. The molecular weight excluding hydrogens is 440 g/mol. The number of methoxy groups -OCH3 is 1. The molecule has 9 heteroatoms. The molecule has 0 saturated heterocycles. The zero-order valence-electron chi connectivity index (χ0n) is 17.9. The van der Waals surface area contributed by atoms with Crippen LogP contribution in [0.15, 0.2) is 67.0 Å². The van der Waals surface area contributed by atoms with E-state index in [1.807, 2.05) is 71.4 Å². The third kappa shape index (κ3) is 4.25. The molecular formula is C24H21ClN6O2. The van der Waals surface area contributed by atoms with Gasteiger partial charge in [0.25, 0.3) is 0 Å². The average molecular weight is 461 g/mol. The first-order chi connectivity index (χ1) is 16.1. The van der Waals surface area contributed by atoms with Gasteiger partial charge in [-0.05, 0) is 42.0 Å². The molecule has 5 aromatic rings. The molecule has 0 aliphatic carbocycles. The summed E-state index contributed by atoms with van der Waals surface area (Å²) in [7, 11) is 1.64. The minimum atomic E-state index is -0.0705. The van der Waals surface area contributed by atoms with E-state index in [-0.39, 0.29) is 5.91 Å². The topological polar surface area (TPSA) is 85.8 Å². The SMILES string of the molecule is COc1ccc(-c2cc3c4nnc(CCC(=O)NCc5ccccc5Cl)n4ccn3n2)cc1. The number of hydrogen-bond acceptors (Lipinski definition) is 5. The number of halogens is 1. The summed E-state index contributed by atoms with van der Waals surface area (Å²) in [5.41, 5.74) is 4.22. The number of benzene rings is 2. The summed E-state index contributed by atoms with van der Waals surface area (Å²) in [5, 5.41) is 16.9. The van der Waals surface area contributed by atoms with Gasteiger partial charge in [-0.15, -0.1) is 10.2 Å². The highest BCUT2D eigenvalue weighted by Crippen LogP contribution is 2.24. The molecule has 5 rings (SSSR count). The Kier molecular flexibility index (Phi) is 5.66. The number of ether oxygens (including phenoxy) is 1. The van der Waals surface area contributed by atoms with Crippen LogP contribution < -0.4 is 10.1 Å². The van der Waals surface area contributed by atoms with Crippen LogP contribution in [0.4, 0.5) is 0 Å². The van der Waals surface area contributed by atoms with Gasteiger partial charge in [0, 0.05) is 42.4 Å². The Balaban J connectivity index is 1.31. The first-order valence-electron chi connectivity index (χ1n) is 10.5. The predicted octanol–water partition coefficient (Wildman–Crippen LogP) is 3.96. The van der Waals surface area contributed by atoms with E-state index in [9.17, 15) is 4.79 Å². The van der Waals surface area contributed by atoms with Gasteiger partial charge in [-0.25, -0.2) is 4.52 Å². The monoisotopic (exact) mass is 460 g/mol. The lowest BCUT2D eigenvalue weighted by atomic mass is 10.1. The molecule has 0 fully saturated rings. The molecule has 0 radical (unpaired) electrons. The van der Waals surface area contributed by atoms with Gasteiger partial charge in [0.1, 0.15) is 17.1 Å². The molecule has 0 saturated carbocycles. The van der Waals surface area contributed by atoms with E-state index < -0.39 is 0 Å². The van der Waals surface area contributed by atoms with Crippen molar-refractivity contribution in [3.05, 3.63) is 83.4 Å². The Bertz CT molecular complexity index is 1440. The Morgan fingerprint density at radius 2 is 1.91 bits per heavy atom. The smallest absolute Gasteiger partial charge is 0.220 e. The molecule has 166 valence electrons. The molecule has 33 heavy (non-hydrogen) atoms. The number of amides is 1. The standard InChI is InChI=1S/C24H21ClN6O2/c1-33-18-8-6-16(7-9-18)20-14-21-24-28-27-22(30(24)12-13-31(21)29-20)10-11-23(32)26-15-17-4-2-3-5-19(17)25/h2-9,12-14H,10-11,15H2,1H3,(H,26,32). The zero-order valence-corrected chi connectivity index (χ0v) is 18.7. The highest BCUT2D eigenvalue weighted by atomic mass is 35.5. The van der Waals surface area contributed by atoms with Crippen LogP contribution in [-0.2, 0) is 17.8 Å². The van der Waals surface area contributed by atoms with Crippen LogP contribution in [0.1, 0.15) is 17.8 Å². The number of aryl methyl sites for hydroxylation is 1. The van der Waals surface area contributed by atoms with Gasteiger partial charge < -0.3 is 10.1 Å². The molecule has 0 atom stereocenters. The highest BCUT2D eigenvalue weighted by Gasteiger charge is 2.14. The van der Waals surface area contributed by atoms with Crippen LogP contribution in [0, 0.1) is 0 Å². The fourth-order valence-corrected chi connectivity index (χ4v) is 3.88. The lowest BCUT2D eigenvalue weighted by molar-refractivity contribution is -0.121. The largest absolute Gasteiger partial charge is 0.497 e. The van der Waals surface area contributed by atoms with Gasteiger partial charge in [0.05, 0.1) is 12.8 Å². The number of carbonyl (C=O) groups excluding carboxylic acids is 1. The number of nitrogens with one attached hydrogen (secondary N) is 1. The van der Waals surface area contributed by atoms with Gasteiger partial charge in [0.2, 0.25) is 5.91 Å². The maximum Gasteiger partial charge on any atom is 0.220 e. The van der Waals surface area contributed by atoms with Crippen molar-refractivity contribution in [2.45, 2.75) is 19.4 Å². The lowest BCUT2D eigenvalue weighted by Gasteiger charge is -2.06. The fraction of sp³-hybridized carbons (Fsp3) is 0.167. The molecule has 0 aliphatic rings. The van der Waals surface area contributed by atoms with E-state index >= 15 is 0 Å². The summed E-state index contributed by atoms with van der Waals surface area (Å²) in [4.78, 5) is 12.3. The number of carbonyl (C=O) groups is 1. The summed E-state index contributed by atoms with van der Waals surface area (Å²) in [5.74, 6) is 1.44. The summed E-state index contributed by atoms with van der Waals surface area (Å²) in [6.07, 6.45) is 4.49. The van der Waals surface area contributed by atoms with Crippen LogP contribution >= 0.6 is 11.6 Å². The van der Waals surface area contributed by atoms with Crippen molar-refractivity contribution in [2.24, 2.45) is 0 Å². The van der Waals surface area contributed by atoms with Gasteiger partial charge >= 0.3 is 0 Å². The summed E-state index contributed by atoms with van der Waals surface area (Å²) >= 11 is 6.15. The van der Waals surface area contributed by atoms with E-state index in [4.69, 9.17) is 16.3 Å². The second kappa shape index (κ2) is 8.91. The zero-order chi connectivity index (χ0) is 22.8. The molecule has 0 bridgehead atoms. The minimum absolute atomic E-state index is 0.0705. The molecule has 0 spiro atoms. The molecule has 1 amide bonds. The maximum atomic E-state index is 12.3. The molecule has 8 nitrogen and oxygen atoms in total. The van der Waals surface area contributed by atoms with E-state index in [1.165, 1.54) is 0 Å². The normalized spacial score (nSPS) is 11.2. The van der Waals surface area contributed by atoms with Gasteiger partial charge in [-0.3, -0.25) is 9.20 Å². The molecule has 2 aromatic carbocycles. The summed E-state index contributed by atoms with van der Waals surface area (Å²) < 4.78 is 8.91. The number of fused-ring (bicyclic) bond motifs is 3. The summed E-state index contributed by atoms with van der Waals surface area (Å²) in [6, 6.07) is 17.2. The third-order valence-electron chi connectivity index (χ3n) is 5.48. The second-order valence-electron chi connectivity index (χ2n) is 7.56. The van der Waals surface area contributed by atoms with Crippen LogP contribution in [0.5, 0.6) is 5.75 Å². The summed E-state index contributed by atoms with van der Waals surface area (Å²) in [6.45, 7) is 0.393. The van der Waals surface area contributed by atoms with Crippen LogP contribution in [0.3, 0.4) is 0 Å².